The molecular weight excluding hydrogens is 438 g/mol. The number of carbonyl (C=O) groups excluding carboxylic acids is 3. The van der Waals surface area contributed by atoms with Gasteiger partial charge in [0.25, 0.3) is 0 Å². The standard InChI is InChI=1S/C17H31NO7.9CH4/c1-6-14(20)10-15(25-13(5)19)9-12(4)24-17(22)18-7-8-23-16(21)11(2)3;;;;;;;;;/h11-12,14-15,20H,6-10H2,1-5H3,(H,18,22);9*1H4. The molecule has 0 saturated carbocycles. The Hall–Kier alpha value is -1.83. The summed E-state index contributed by atoms with van der Waals surface area (Å²) in [5, 5.41) is 12.2. The molecule has 0 aromatic rings. The molecule has 0 saturated heterocycles. The first kappa shape index (κ1) is 63.6. The zero-order chi connectivity index (χ0) is 19.4. The SMILES string of the molecule is C.C.C.C.C.C.C.C.C.CCC(O)CC(CC(C)OC(=O)NCCOC(=O)C(C)C)OC(C)=O. The third-order valence-corrected chi connectivity index (χ3v) is 3.33. The molecule has 0 heterocycles. The summed E-state index contributed by atoms with van der Waals surface area (Å²) in [7, 11) is 0. The van der Waals surface area contributed by atoms with Gasteiger partial charge in [0.2, 0.25) is 0 Å². The second-order valence-electron chi connectivity index (χ2n) is 6.23. The monoisotopic (exact) mass is 505 g/mol. The number of hydrogen-bond acceptors (Lipinski definition) is 7. The third-order valence-electron chi connectivity index (χ3n) is 3.33. The van der Waals surface area contributed by atoms with Gasteiger partial charge < -0.3 is 24.6 Å². The van der Waals surface area contributed by atoms with E-state index < -0.39 is 30.4 Å². The summed E-state index contributed by atoms with van der Waals surface area (Å²) in [6, 6.07) is 0. The molecule has 0 aliphatic carbocycles. The zero-order valence-electron chi connectivity index (χ0n) is 15.7. The van der Waals surface area contributed by atoms with Crippen LogP contribution in [0.4, 0.5) is 4.79 Å². The van der Waals surface area contributed by atoms with Gasteiger partial charge in [-0.3, -0.25) is 9.59 Å². The number of nitrogens with one attached hydrogen (secondary N) is 1. The van der Waals surface area contributed by atoms with Gasteiger partial charge in [0, 0.05) is 19.8 Å². The Morgan fingerprint density at radius 1 is 0.824 bits per heavy atom. The average Bonchev–Trinajstić information content (AvgIpc) is 2.49. The molecular formula is C26H67NO7. The van der Waals surface area contributed by atoms with Crippen molar-refractivity contribution >= 4 is 18.0 Å². The number of aliphatic hydroxyl groups excluding tert-OH is 1. The molecule has 1 amide bonds. The minimum absolute atomic E-state index is 0. The van der Waals surface area contributed by atoms with Crippen molar-refractivity contribution in [2.45, 2.75) is 139 Å². The minimum Gasteiger partial charge on any atom is -0.464 e. The van der Waals surface area contributed by atoms with E-state index in [9.17, 15) is 19.5 Å². The van der Waals surface area contributed by atoms with Gasteiger partial charge in [-0.15, -0.1) is 0 Å². The van der Waals surface area contributed by atoms with Crippen molar-refractivity contribution in [2.75, 3.05) is 13.2 Å². The number of carbonyl (C=O) groups is 3. The number of hydrogen-bond donors (Lipinski definition) is 2. The molecule has 34 heavy (non-hydrogen) atoms. The van der Waals surface area contributed by atoms with Crippen LogP contribution in [0.5, 0.6) is 0 Å². The van der Waals surface area contributed by atoms with Crippen LogP contribution in [0.15, 0.2) is 0 Å². The van der Waals surface area contributed by atoms with E-state index in [2.05, 4.69) is 5.32 Å². The molecule has 3 atom stereocenters. The fourth-order valence-corrected chi connectivity index (χ4v) is 2.01. The Kier molecular flexibility index (Phi) is 66.9. The predicted molar refractivity (Wildman–Crippen MR) is 151 cm³/mol. The van der Waals surface area contributed by atoms with E-state index >= 15 is 0 Å². The highest BCUT2D eigenvalue weighted by molar-refractivity contribution is 5.71. The normalized spacial score (nSPS) is 10.6. The summed E-state index contributed by atoms with van der Waals surface area (Å²) in [5.41, 5.74) is 0. The highest BCUT2D eigenvalue weighted by atomic mass is 16.6. The van der Waals surface area contributed by atoms with E-state index in [0.717, 1.165) is 0 Å². The largest absolute Gasteiger partial charge is 0.464 e. The Bertz CT molecular complexity index is 429. The zero-order valence-corrected chi connectivity index (χ0v) is 15.7. The van der Waals surface area contributed by atoms with Gasteiger partial charge in [-0.2, -0.15) is 0 Å². The molecule has 2 N–H and O–H groups in total. The van der Waals surface area contributed by atoms with Crippen LogP contribution in [0.1, 0.15) is 121 Å². The molecule has 0 spiro atoms. The van der Waals surface area contributed by atoms with Gasteiger partial charge in [0.1, 0.15) is 18.8 Å². The van der Waals surface area contributed by atoms with Crippen LogP contribution < -0.4 is 5.32 Å². The highest BCUT2D eigenvalue weighted by Gasteiger charge is 2.21. The third kappa shape index (κ3) is 34.8. The maximum absolute atomic E-state index is 11.7. The summed E-state index contributed by atoms with van der Waals surface area (Å²) < 4.78 is 15.3. The first-order chi connectivity index (χ1) is 11.6. The average molecular weight is 506 g/mol. The fraction of sp³-hybridized carbons (Fsp3) is 0.885. The van der Waals surface area contributed by atoms with Crippen LogP contribution in [0.25, 0.3) is 0 Å². The summed E-state index contributed by atoms with van der Waals surface area (Å²) in [5.74, 6) is -0.997. The molecule has 0 aliphatic heterocycles. The quantitative estimate of drug-likeness (QED) is 0.170. The molecule has 0 aromatic heterocycles. The van der Waals surface area contributed by atoms with E-state index in [0.29, 0.717) is 6.42 Å². The van der Waals surface area contributed by atoms with Crippen LogP contribution >= 0.6 is 0 Å². The van der Waals surface area contributed by atoms with Crippen molar-refractivity contribution in [2.24, 2.45) is 5.92 Å². The van der Waals surface area contributed by atoms with E-state index in [-0.39, 0.29) is 105 Å². The van der Waals surface area contributed by atoms with Gasteiger partial charge in [-0.25, -0.2) is 4.79 Å². The van der Waals surface area contributed by atoms with Crippen LogP contribution in [0, 0.1) is 5.92 Å². The summed E-state index contributed by atoms with van der Waals surface area (Å²) in [6.07, 6.45) is -1.15. The van der Waals surface area contributed by atoms with Gasteiger partial charge in [0.15, 0.2) is 0 Å². The van der Waals surface area contributed by atoms with Crippen molar-refractivity contribution in [3.63, 3.8) is 0 Å². The molecule has 3 unspecified atom stereocenters. The van der Waals surface area contributed by atoms with E-state index in [4.69, 9.17) is 14.2 Å². The summed E-state index contributed by atoms with van der Waals surface area (Å²) in [4.78, 5) is 34.1. The van der Waals surface area contributed by atoms with Gasteiger partial charge in [0.05, 0.1) is 18.6 Å². The Balaban J connectivity index is -0.0000000800. The minimum atomic E-state index is -0.647. The number of ether oxygens (including phenoxy) is 3. The highest BCUT2D eigenvalue weighted by Crippen LogP contribution is 2.14. The van der Waals surface area contributed by atoms with Crippen LogP contribution in [0.2, 0.25) is 0 Å². The summed E-state index contributed by atoms with van der Waals surface area (Å²) >= 11 is 0. The lowest BCUT2D eigenvalue weighted by atomic mass is 10.0. The smallest absolute Gasteiger partial charge is 0.407 e. The van der Waals surface area contributed by atoms with Crippen molar-refractivity contribution < 1.29 is 33.7 Å². The molecule has 0 aliphatic rings. The topological polar surface area (TPSA) is 111 Å². The van der Waals surface area contributed by atoms with Crippen LogP contribution in [-0.4, -0.2) is 54.6 Å². The molecule has 8 nitrogen and oxygen atoms in total. The second kappa shape index (κ2) is 35.8. The van der Waals surface area contributed by atoms with Gasteiger partial charge in [-0.05, 0) is 13.3 Å². The van der Waals surface area contributed by atoms with Crippen molar-refractivity contribution in [3.8, 4) is 0 Å². The van der Waals surface area contributed by atoms with Crippen molar-refractivity contribution in [3.05, 3.63) is 0 Å². The Morgan fingerprint density at radius 3 is 1.68 bits per heavy atom. The van der Waals surface area contributed by atoms with Crippen molar-refractivity contribution in [1.29, 1.82) is 0 Å². The molecule has 0 bridgehead atoms. The maximum Gasteiger partial charge on any atom is 0.407 e. The van der Waals surface area contributed by atoms with Gasteiger partial charge in [-0.1, -0.05) is 87.6 Å². The number of rotatable bonds is 11. The Morgan fingerprint density at radius 2 is 1.29 bits per heavy atom. The first-order valence-electron chi connectivity index (χ1n) is 8.62. The number of aliphatic hydroxyl groups is 1. The molecule has 0 radical (unpaired) electrons. The van der Waals surface area contributed by atoms with E-state index in [1.807, 2.05) is 6.92 Å². The number of alkyl carbamates (subject to hydrolysis) is 1. The molecule has 218 valence electrons. The number of esters is 2. The van der Waals surface area contributed by atoms with Crippen LogP contribution in [0.3, 0.4) is 0 Å². The maximum atomic E-state index is 11.7. The first-order valence-corrected chi connectivity index (χ1v) is 8.62. The van der Waals surface area contributed by atoms with Gasteiger partial charge >= 0.3 is 18.0 Å². The Labute approximate surface area is 215 Å². The summed E-state index contributed by atoms with van der Waals surface area (Å²) in [6.45, 7) is 8.46. The lowest BCUT2D eigenvalue weighted by Gasteiger charge is -2.23. The lowest BCUT2D eigenvalue weighted by molar-refractivity contribution is -0.149. The molecule has 8 heteroatoms. The lowest BCUT2D eigenvalue weighted by Crippen LogP contribution is -2.33. The molecule has 0 rings (SSSR count). The predicted octanol–water partition coefficient (Wildman–Crippen LogP) is 7.51. The van der Waals surface area contributed by atoms with E-state index in [1.54, 1.807) is 20.8 Å². The number of amides is 1. The second-order valence-corrected chi connectivity index (χ2v) is 6.23. The molecule has 0 aromatic carbocycles. The molecule has 0 fully saturated rings. The van der Waals surface area contributed by atoms with Crippen molar-refractivity contribution in [1.82, 2.24) is 5.32 Å². The van der Waals surface area contributed by atoms with Crippen LogP contribution in [-0.2, 0) is 23.8 Å². The van der Waals surface area contributed by atoms with E-state index in [1.165, 1.54) is 6.92 Å². The fourth-order valence-electron chi connectivity index (χ4n) is 2.01.